The maximum Gasteiger partial charge on any atom is 0.232 e. The molecule has 1 rings (SSSR count). The highest BCUT2D eigenvalue weighted by molar-refractivity contribution is 5.96. The van der Waals surface area contributed by atoms with Crippen LogP contribution in [0.25, 0.3) is 0 Å². The van der Waals surface area contributed by atoms with Crippen LogP contribution in [0.5, 0.6) is 0 Å². The number of amides is 2. The molecule has 1 fully saturated rings. The molecule has 0 bridgehead atoms. The molecule has 0 aromatic heterocycles. The van der Waals surface area contributed by atoms with E-state index in [-0.39, 0.29) is 12.3 Å². The van der Waals surface area contributed by atoms with Gasteiger partial charge in [-0.3, -0.25) is 9.59 Å². The van der Waals surface area contributed by atoms with Crippen molar-refractivity contribution in [2.45, 2.75) is 25.8 Å². The summed E-state index contributed by atoms with van der Waals surface area (Å²) in [6, 6.07) is 0.366. The molecular formula is C11H21N3O2. The molecule has 0 aromatic carbocycles. The van der Waals surface area contributed by atoms with Gasteiger partial charge in [0, 0.05) is 19.1 Å². The molecular weight excluding hydrogens is 206 g/mol. The molecule has 1 aliphatic heterocycles. The average molecular weight is 227 g/mol. The summed E-state index contributed by atoms with van der Waals surface area (Å²) in [6.07, 6.45) is 0.807. The molecule has 1 saturated heterocycles. The van der Waals surface area contributed by atoms with Crippen LogP contribution in [0, 0.1) is 5.92 Å². The first-order valence-electron chi connectivity index (χ1n) is 5.64. The minimum absolute atomic E-state index is 0.147. The molecule has 0 spiro atoms. The molecule has 16 heavy (non-hydrogen) atoms. The number of carbonyl (C=O) groups excluding carboxylic acids is 2. The van der Waals surface area contributed by atoms with Gasteiger partial charge in [-0.2, -0.15) is 0 Å². The third-order valence-corrected chi connectivity index (χ3v) is 3.26. The number of hydrogen-bond donors (Lipinski definition) is 1. The molecule has 2 amide bonds. The summed E-state index contributed by atoms with van der Waals surface area (Å²) in [7, 11) is 4.03. The van der Waals surface area contributed by atoms with Crippen LogP contribution in [-0.2, 0) is 9.59 Å². The Morgan fingerprint density at radius 1 is 1.44 bits per heavy atom. The Morgan fingerprint density at radius 3 is 2.56 bits per heavy atom. The van der Waals surface area contributed by atoms with Gasteiger partial charge in [-0.1, -0.05) is 6.92 Å². The smallest absolute Gasteiger partial charge is 0.232 e. The fourth-order valence-electron chi connectivity index (χ4n) is 2.21. The van der Waals surface area contributed by atoms with Crippen molar-refractivity contribution < 1.29 is 9.59 Å². The van der Waals surface area contributed by atoms with Gasteiger partial charge in [0.2, 0.25) is 11.8 Å². The van der Waals surface area contributed by atoms with Crippen LogP contribution in [0.15, 0.2) is 0 Å². The number of rotatable bonds is 3. The highest BCUT2D eigenvalue weighted by atomic mass is 16.2. The van der Waals surface area contributed by atoms with Crippen LogP contribution < -0.4 is 5.73 Å². The monoisotopic (exact) mass is 227 g/mol. The quantitative estimate of drug-likeness (QED) is 0.671. The summed E-state index contributed by atoms with van der Waals surface area (Å²) in [5, 5.41) is 0. The number of nitrogens with two attached hydrogens (primary N) is 1. The van der Waals surface area contributed by atoms with E-state index in [1.807, 2.05) is 14.1 Å². The molecule has 0 radical (unpaired) electrons. The van der Waals surface area contributed by atoms with Gasteiger partial charge in [0.1, 0.15) is 6.42 Å². The summed E-state index contributed by atoms with van der Waals surface area (Å²) in [5.41, 5.74) is 5.02. The van der Waals surface area contributed by atoms with Gasteiger partial charge in [-0.05, 0) is 26.4 Å². The van der Waals surface area contributed by atoms with Crippen LogP contribution in [0.2, 0.25) is 0 Å². The molecule has 5 nitrogen and oxygen atoms in total. The second kappa shape index (κ2) is 5.30. The van der Waals surface area contributed by atoms with Gasteiger partial charge in [0.25, 0.3) is 0 Å². The Morgan fingerprint density at radius 2 is 2.06 bits per heavy atom. The van der Waals surface area contributed by atoms with E-state index in [9.17, 15) is 9.59 Å². The number of nitrogens with zero attached hydrogens (tertiary/aromatic N) is 2. The van der Waals surface area contributed by atoms with Gasteiger partial charge in [0.15, 0.2) is 0 Å². The van der Waals surface area contributed by atoms with Crippen molar-refractivity contribution in [2.24, 2.45) is 11.7 Å². The van der Waals surface area contributed by atoms with Crippen LogP contribution >= 0.6 is 0 Å². The zero-order chi connectivity index (χ0) is 12.3. The topological polar surface area (TPSA) is 66.6 Å². The van der Waals surface area contributed by atoms with Gasteiger partial charge in [-0.15, -0.1) is 0 Å². The van der Waals surface area contributed by atoms with E-state index in [4.69, 9.17) is 5.73 Å². The van der Waals surface area contributed by atoms with Crippen LogP contribution in [-0.4, -0.2) is 54.8 Å². The summed E-state index contributed by atoms with van der Waals surface area (Å²) in [4.78, 5) is 26.3. The predicted octanol–water partition coefficient (Wildman–Crippen LogP) is -0.340. The molecule has 0 unspecified atom stereocenters. The molecule has 92 valence electrons. The van der Waals surface area contributed by atoms with E-state index in [1.54, 1.807) is 4.90 Å². The normalized spacial score (nSPS) is 25.9. The zero-order valence-corrected chi connectivity index (χ0v) is 10.3. The highest BCUT2D eigenvalue weighted by Crippen LogP contribution is 2.20. The van der Waals surface area contributed by atoms with Crippen molar-refractivity contribution in [2.75, 3.05) is 27.2 Å². The lowest BCUT2D eigenvalue weighted by atomic mass is 9.92. The molecule has 0 saturated carbocycles. The summed E-state index contributed by atoms with van der Waals surface area (Å²) >= 11 is 0. The fraction of sp³-hybridized carbons (Fsp3) is 0.818. The van der Waals surface area contributed by atoms with E-state index >= 15 is 0 Å². The minimum atomic E-state index is -0.551. The Labute approximate surface area is 96.6 Å². The van der Waals surface area contributed by atoms with Gasteiger partial charge < -0.3 is 15.5 Å². The SMILES string of the molecule is C[C@@H]1CCN(C(=O)CC(N)=O)C[C@@H]1N(C)C. The Balaban J connectivity index is 2.57. The maximum atomic E-state index is 11.7. The molecule has 2 atom stereocenters. The van der Waals surface area contributed by atoms with Crippen molar-refractivity contribution >= 4 is 11.8 Å². The number of primary amides is 1. The Hall–Kier alpha value is -1.10. The molecule has 2 N–H and O–H groups in total. The lowest BCUT2D eigenvalue weighted by molar-refractivity contribution is -0.137. The number of piperidine rings is 1. The zero-order valence-electron chi connectivity index (χ0n) is 10.3. The first kappa shape index (κ1) is 13.0. The third kappa shape index (κ3) is 3.20. The van der Waals surface area contributed by atoms with Gasteiger partial charge in [-0.25, -0.2) is 0 Å². The molecule has 5 heteroatoms. The standard InChI is InChI=1S/C11H21N3O2/c1-8-4-5-14(7-9(8)13(2)3)11(16)6-10(12)15/h8-9H,4-7H2,1-3H3,(H2,12,15)/t8-,9+/m1/s1. The number of likely N-dealkylation sites (tertiary alicyclic amines) is 1. The second-order valence-corrected chi connectivity index (χ2v) is 4.78. The summed E-state index contributed by atoms with van der Waals surface area (Å²) in [5.74, 6) is -0.121. The van der Waals surface area contributed by atoms with Gasteiger partial charge >= 0.3 is 0 Å². The summed E-state index contributed by atoms with van der Waals surface area (Å²) < 4.78 is 0. The highest BCUT2D eigenvalue weighted by Gasteiger charge is 2.30. The third-order valence-electron chi connectivity index (χ3n) is 3.26. The molecule has 0 aromatic rings. The fourth-order valence-corrected chi connectivity index (χ4v) is 2.21. The van der Waals surface area contributed by atoms with Crippen LogP contribution in [0.1, 0.15) is 19.8 Å². The van der Waals surface area contributed by atoms with Crippen molar-refractivity contribution in [3.63, 3.8) is 0 Å². The number of hydrogen-bond acceptors (Lipinski definition) is 3. The number of likely N-dealkylation sites (N-methyl/N-ethyl adjacent to an activating group) is 1. The van der Waals surface area contributed by atoms with E-state index in [1.165, 1.54) is 0 Å². The van der Waals surface area contributed by atoms with Crippen LogP contribution in [0.4, 0.5) is 0 Å². The van der Waals surface area contributed by atoms with E-state index in [0.29, 0.717) is 18.5 Å². The molecule has 1 aliphatic rings. The first-order chi connectivity index (χ1) is 7.41. The van der Waals surface area contributed by atoms with Gasteiger partial charge in [0.05, 0.1) is 0 Å². The molecule has 0 aliphatic carbocycles. The first-order valence-corrected chi connectivity index (χ1v) is 5.64. The van der Waals surface area contributed by atoms with E-state index in [0.717, 1.165) is 13.0 Å². The predicted molar refractivity (Wildman–Crippen MR) is 61.6 cm³/mol. The Bertz CT molecular complexity index is 278. The average Bonchev–Trinajstić information content (AvgIpc) is 2.16. The summed E-state index contributed by atoms with van der Waals surface area (Å²) in [6.45, 7) is 3.62. The van der Waals surface area contributed by atoms with Crippen molar-refractivity contribution in [3.05, 3.63) is 0 Å². The van der Waals surface area contributed by atoms with Crippen LogP contribution in [0.3, 0.4) is 0 Å². The minimum Gasteiger partial charge on any atom is -0.369 e. The molecule has 1 heterocycles. The second-order valence-electron chi connectivity index (χ2n) is 4.78. The van der Waals surface area contributed by atoms with Crippen molar-refractivity contribution in [1.29, 1.82) is 0 Å². The number of carbonyl (C=O) groups is 2. The van der Waals surface area contributed by atoms with E-state index < -0.39 is 5.91 Å². The van der Waals surface area contributed by atoms with Crippen molar-refractivity contribution in [3.8, 4) is 0 Å². The largest absolute Gasteiger partial charge is 0.369 e. The van der Waals surface area contributed by atoms with E-state index in [2.05, 4.69) is 11.8 Å². The van der Waals surface area contributed by atoms with Crippen molar-refractivity contribution in [1.82, 2.24) is 9.80 Å². The lowest BCUT2D eigenvalue weighted by Crippen LogP contribution is -2.51. The Kier molecular flexibility index (Phi) is 4.29. The lowest BCUT2D eigenvalue weighted by Gasteiger charge is -2.40. The maximum absolute atomic E-state index is 11.7.